The molecule has 0 bridgehead atoms. The van der Waals surface area contributed by atoms with Crippen LogP contribution in [0.5, 0.6) is 0 Å². The Morgan fingerprint density at radius 3 is 2.38 bits per heavy atom. The zero-order valence-corrected chi connectivity index (χ0v) is 7.23. The Hall–Kier alpha value is -1.84. The third-order valence-corrected chi connectivity index (χ3v) is 1.73. The molecule has 0 saturated carbocycles. The minimum Gasteiger partial charge on any atom is -0.399 e. The second-order valence-corrected chi connectivity index (χ2v) is 2.66. The lowest BCUT2D eigenvalue weighted by molar-refractivity contribution is -0.114. The number of hydrogen-bond donors (Lipinski definition) is 1. The molecule has 0 spiro atoms. The highest BCUT2D eigenvalue weighted by Crippen LogP contribution is 2.19. The quantitative estimate of drug-likeness (QED) is 0.547. The molecule has 1 aromatic carbocycles. The summed E-state index contributed by atoms with van der Waals surface area (Å²) in [5, 5.41) is 0. The molecular formula is C9H10N2O2. The van der Waals surface area contributed by atoms with Gasteiger partial charge in [0.1, 0.15) is 0 Å². The van der Waals surface area contributed by atoms with Gasteiger partial charge in [-0.25, -0.2) is 0 Å². The average Bonchev–Trinajstić information content (AvgIpc) is 2.10. The number of benzene rings is 1. The molecule has 4 heteroatoms. The molecule has 0 aliphatic rings. The predicted molar refractivity (Wildman–Crippen MR) is 50.2 cm³/mol. The molecule has 0 heterocycles. The van der Waals surface area contributed by atoms with Crippen molar-refractivity contribution in [1.82, 2.24) is 0 Å². The summed E-state index contributed by atoms with van der Waals surface area (Å²) >= 11 is 0. The smallest absolute Gasteiger partial charge is 0.220 e. The van der Waals surface area contributed by atoms with Crippen molar-refractivity contribution in [2.24, 2.45) is 0 Å². The third kappa shape index (κ3) is 1.84. The van der Waals surface area contributed by atoms with Crippen LogP contribution in [0.2, 0.25) is 0 Å². The fourth-order valence-electron chi connectivity index (χ4n) is 1.11. The Bertz CT molecular complexity index is 328. The van der Waals surface area contributed by atoms with Crippen molar-refractivity contribution in [2.75, 3.05) is 10.6 Å². The number of amides is 2. The molecule has 0 unspecified atom stereocenters. The van der Waals surface area contributed by atoms with Gasteiger partial charge >= 0.3 is 0 Å². The molecular weight excluding hydrogens is 168 g/mol. The molecule has 0 aromatic heterocycles. The van der Waals surface area contributed by atoms with E-state index in [0.29, 0.717) is 24.2 Å². The zero-order valence-electron chi connectivity index (χ0n) is 7.23. The lowest BCUT2D eigenvalue weighted by atomic mass is 10.1. The van der Waals surface area contributed by atoms with Crippen LogP contribution in [0.4, 0.5) is 11.4 Å². The first-order chi connectivity index (χ1) is 6.19. The molecule has 2 amide bonds. The summed E-state index contributed by atoms with van der Waals surface area (Å²) in [4.78, 5) is 21.8. The van der Waals surface area contributed by atoms with Gasteiger partial charge in [-0.1, -0.05) is 0 Å². The summed E-state index contributed by atoms with van der Waals surface area (Å²) in [6.07, 6.45) is 0.928. The first-order valence-electron chi connectivity index (χ1n) is 3.74. The Morgan fingerprint density at radius 1 is 1.31 bits per heavy atom. The SMILES string of the molecule is Cc1cc(N)ccc1N(C=O)C=O. The number of carbonyl (C=O) groups is 2. The van der Waals surface area contributed by atoms with E-state index in [4.69, 9.17) is 5.73 Å². The van der Waals surface area contributed by atoms with Gasteiger partial charge in [-0.05, 0) is 30.7 Å². The molecule has 0 atom stereocenters. The summed E-state index contributed by atoms with van der Waals surface area (Å²) in [5.41, 5.74) is 7.47. The van der Waals surface area contributed by atoms with Crippen LogP contribution in [0.1, 0.15) is 5.56 Å². The molecule has 68 valence electrons. The van der Waals surface area contributed by atoms with Gasteiger partial charge in [0.2, 0.25) is 12.8 Å². The van der Waals surface area contributed by atoms with E-state index in [1.165, 1.54) is 0 Å². The standard InChI is InChI=1S/C9H10N2O2/c1-7-4-8(10)2-3-9(7)11(5-12)6-13/h2-6H,10H2,1H3. The molecule has 0 aliphatic heterocycles. The predicted octanol–water partition coefficient (Wildman–Crippen LogP) is 0.696. The van der Waals surface area contributed by atoms with Gasteiger partial charge in [-0.3, -0.25) is 14.5 Å². The van der Waals surface area contributed by atoms with Crippen LogP contribution >= 0.6 is 0 Å². The van der Waals surface area contributed by atoms with Gasteiger partial charge in [-0.2, -0.15) is 0 Å². The van der Waals surface area contributed by atoms with Crippen molar-refractivity contribution in [3.05, 3.63) is 23.8 Å². The topological polar surface area (TPSA) is 63.4 Å². The zero-order chi connectivity index (χ0) is 9.84. The molecule has 0 fully saturated rings. The average molecular weight is 178 g/mol. The summed E-state index contributed by atoms with van der Waals surface area (Å²) in [7, 11) is 0. The second-order valence-electron chi connectivity index (χ2n) is 2.66. The van der Waals surface area contributed by atoms with Gasteiger partial charge in [0.05, 0.1) is 5.69 Å². The maximum atomic E-state index is 10.4. The normalized spacial score (nSPS) is 9.31. The van der Waals surface area contributed by atoms with Gasteiger partial charge in [0, 0.05) is 5.69 Å². The van der Waals surface area contributed by atoms with Crippen LogP contribution < -0.4 is 10.6 Å². The lowest BCUT2D eigenvalue weighted by Gasteiger charge is -2.12. The number of rotatable bonds is 3. The Balaban J connectivity index is 3.13. The minimum absolute atomic E-state index is 0.464. The molecule has 0 saturated heterocycles. The van der Waals surface area contributed by atoms with Crippen molar-refractivity contribution in [3.63, 3.8) is 0 Å². The van der Waals surface area contributed by atoms with E-state index in [-0.39, 0.29) is 0 Å². The van der Waals surface area contributed by atoms with Gasteiger partial charge in [0.25, 0.3) is 0 Å². The molecule has 1 rings (SSSR count). The molecule has 0 radical (unpaired) electrons. The number of nitrogen functional groups attached to an aromatic ring is 1. The highest BCUT2D eigenvalue weighted by Gasteiger charge is 2.05. The summed E-state index contributed by atoms with van der Waals surface area (Å²) in [6.45, 7) is 1.78. The Labute approximate surface area is 75.9 Å². The second kappa shape index (κ2) is 3.71. The number of aryl methyl sites for hydroxylation is 1. The number of imide groups is 1. The Kier molecular flexibility index (Phi) is 2.64. The third-order valence-electron chi connectivity index (χ3n) is 1.73. The van der Waals surface area contributed by atoms with E-state index in [2.05, 4.69) is 0 Å². The van der Waals surface area contributed by atoms with Crippen molar-refractivity contribution in [2.45, 2.75) is 6.92 Å². The Morgan fingerprint density at radius 2 is 1.92 bits per heavy atom. The monoisotopic (exact) mass is 178 g/mol. The van der Waals surface area contributed by atoms with Crippen LogP contribution in [0.15, 0.2) is 18.2 Å². The fourth-order valence-corrected chi connectivity index (χ4v) is 1.11. The van der Waals surface area contributed by atoms with Crippen LogP contribution in [-0.2, 0) is 9.59 Å². The first-order valence-corrected chi connectivity index (χ1v) is 3.74. The largest absolute Gasteiger partial charge is 0.399 e. The summed E-state index contributed by atoms with van der Waals surface area (Å²) in [5.74, 6) is 0. The molecule has 0 aliphatic carbocycles. The lowest BCUT2D eigenvalue weighted by Crippen LogP contribution is -2.19. The molecule has 4 nitrogen and oxygen atoms in total. The van der Waals surface area contributed by atoms with Crippen molar-refractivity contribution in [3.8, 4) is 0 Å². The van der Waals surface area contributed by atoms with Crippen LogP contribution in [-0.4, -0.2) is 12.8 Å². The highest BCUT2D eigenvalue weighted by atomic mass is 16.2. The number of nitrogens with zero attached hydrogens (tertiary/aromatic N) is 1. The number of nitrogens with two attached hydrogens (primary N) is 1. The van der Waals surface area contributed by atoms with E-state index in [1.54, 1.807) is 25.1 Å². The molecule has 1 aromatic rings. The maximum Gasteiger partial charge on any atom is 0.220 e. The van der Waals surface area contributed by atoms with Gasteiger partial charge in [0.15, 0.2) is 0 Å². The van der Waals surface area contributed by atoms with E-state index in [9.17, 15) is 9.59 Å². The molecule has 2 N–H and O–H groups in total. The van der Waals surface area contributed by atoms with Gasteiger partial charge < -0.3 is 5.73 Å². The number of anilines is 2. The number of hydrogen-bond acceptors (Lipinski definition) is 3. The fraction of sp³-hybridized carbons (Fsp3) is 0.111. The minimum atomic E-state index is 0.464. The molecule has 13 heavy (non-hydrogen) atoms. The summed E-state index contributed by atoms with van der Waals surface area (Å²) in [6, 6.07) is 4.98. The first kappa shape index (κ1) is 9.25. The van der Waals surface area contributed by atoms with Crippen molar-refractivity contribution in [1.29, 1.82) is 0 Å². The van der Waals surface area contributed by atoms with Crippen molar-refractivity contribution < 1.29 is 9.59 Å². The van der Waals surface area contributed by atoms with E-state index >= 15 is 0 Å². The number of carbonyl (C=O) groups excluding carboxylic acids is 2. The van der Waals surface area contributed by atoms with Crippen LogP contribution in [0.3, 0.4) is 0 Å². The van der Waals surface area contributed by atoms with Gasteiger partial charge in [-0.15, -0.1) is 0 Å². The van der Waals surface area contributed by atoms with E-state index in [1.807, 2.05) is 0 Å². The maximum absolute atomic E-state index is 10.4. The van der Waals surface area contributed by atoms with E-state index < -0.39 is 0 Å². The van der Waals surface area contributed by atoms with E-state index in [0.717, 1.165) is 10.5 Å². The highest BCUT2D eigenvalue weighted by molar-refractivity contribution is 5.96. The van der Waals surface area contributed by atoms with Crippen molar-refractivity contribution >= 4 is 24.2 Å². The summed E-state index contributed by atoms with van der Waals surface area (Å²) < 4.78 is 0. The van der Waals surface area contributed by atoms with Crippen LogP contribution in [0, 0.1) is 6.92 Å². The van der Waals surface area contributed by atoms with Crippen LogP contribution in [0.25, 0.3) is 0 Å².